The van der Waals surface area contributed by atoms with Crippen LogP contribution >= 0.6 is 0 Å². The first-order valence-electron chi connectivity index (χ1n) is 6.72. The van der Waals surface area contributed by atoms with Crippen molar-refractivity contribution in [3.8, 4) is 5.75 Å². The molecule has 0 N–H and O–H groups in total. The molecule has 20 heavy (non-hydrogen) atoms. The van der Waals surface area contributed by atoms with Crippen molar-refractivity contribution >= 4 is 12.3 Å². The highest BCUT2D eigenvalue weighted by atomic mass is 16.6. The summed E-state index contributed by atoms with van der Waals surface area (Å²) in [6.07, 6.45) is 1.74. The Morgan fingerprint density at radius 1 is 1.30 bits per heavy atom. The van der Waals surface area contributed by atoms with E-state index in [0.29, 0.717) is 25.0 Å². The zero-order valence-electron chi connectivity index (χ0n) is 12.6. The maximum atomic E-state index is 11.5. The molecule has 0 heterocycles. The number of esters is 1. The van der Waals surface area contributed by atoms with E-state index in [4.69, 9.17) is 9.47 Å². The SMILES string of the molecule is Cc1cc(C=O)ccc1OCCCC(=O)OC(C)(C)C. The molecule has 0 saturated heterocycles. The van der Waals surface area contributed by atoms with E-state index < -0.39 is 5.60 Å². The molecular formula is C16H22O4. The maximum absolute atomic E-state index is 11.5. The number of benzene rings is 1. The van der Waals surface area contributed by atoms with Gasteiger partial charge in [0.15, 0.2) is 0 Å². The molecule has 1 aromatic carbocycles. The van der Waals surface area contributed by atoms with E-state index in [9.17, 15) is 9.59 Å². The Morgan fingerprint density at radius 3 is 2.55 bits per heavy atom. The number of rotatable bonds is 6. The van der Waals surface area contributed by atoms with Gasteiger partial charge in [0, 0.05) is 12.0 Å². The van der Waals surface area contributed by atoms with Crippen molar-refractivity contribution in [2.45, 2.75) is 46.1 Å². The van der Waals surface area contributed by atoms with E-state index >= 15 is 0 Å². The Hall–Kier alpha value is -1.84. The van der Waals surface area contributed by atoms with Crippen LogP contribution in [0.4, 0.5) is 0 Å². The van der Waals surface area contributed by atoms with Gasteiger partial charge >= 0.3 is 5.97 Å². The lowest BCUT2D eigenvalue weighted by atomic mass is 10.1. The van der Waals surface area contributed by atoms with Crippen LogP contribution in [0.3, 0.4) is 0 Å². The molecule has 0 spiro atoms. The van der Waals surface area contributed by atoms with E-state index in [-0.39, 0.29) is 5.97 Å². The van der Waals surface area contributed by atoms with Gasteiger partial charge in [-0.25, -0.2) is 0 Å². The van der Waals surface area contributed by atoms with Crippen molar-refractivity contribution in [3.63, 3.8) is 0 Å². The van der Waals surface area contributed by atoms with Crippen LogP contribution in [0.2, 0.25) is 0 Å². The van der Waals surface area contributed by atoms with Gasteiger partial charge < -0.3 is 9.47 Å². The van der Waals surface area contributed by atoms with Crippen molar-refractivity contribution in [3.05, 3.63) is 29.3 Å². The molecular weight excluding hydrogens is 256 g/mol. The van der Waals surface area contributed by atoms with Crippen molar-refractivity contribution in [1.82, 2.24) is 0 Å². The summed E-state index contributed by atoms with van der Waals surface area (Å²) >= 11 is 0. The standard InChI is InChI=1S/C16H22O4/c1-12-10-13(11-17)7-8-14(12)19-9-5-6-15(18)20-16(2,3)4/h7-8,10-11H,5-6,9H2,1-4H3. The summed E-state index contributed by atoms with van der Waals surface area (Å²) in [5.74, 6) is 0.522. The summed E-state index contributed by atoms with van der Waals surface area (Å²) in [4.78, 5) is 22.1. The number of hydrogen-bond donors (Lipinski definition) is 0. The third-order valence-electron chi connectivity index (χ3n) is 2.54. The molecule has 0 unspecified atom stereocenters. The fourth-order valence-corrected chi connectivity index (χ4v) is 1.70. The quantitative estimate of drug-likeness (QED) is 0.455. The second-order valence-electron chi connectivity index (χ2n) is 5.68. The molecule has 0 radical (unpaired) electrons. The van der Waals surface area contributed by atoms with Gasteiger partial charge in [-0.1, -0.05) is 0 Å². The highest BCUT2D eigenvalue weighted by Gasteiger charge is 2.15. The van der Waals surface area contributed by atoms with Crippen LogP contribution in [-0.2, 0) is 9.53 Å². The minimum Gasteiger partial charge on any atom is -0.493 e. The van der Waals surface area contributed by atoms with Gasteiger partial charge in [0.25, 0.3) is 0 Å². The van der Waals surface area contributed by atoms with E-state index in [1.807, 2.05) is 27.7 Å². The van der Waals surface area contributed by atoms with Crippen LogP contribution in [0, 0.1) is 6.92 Å². The minimum atomic E-state index is -0.445. The predicted octanol–water partition coefficient (Wildman–Crippen LogP) is 3.31. The Bertz CT molecular complexity index is 472. The van der Waals surface area contributed by atoms with Crippen LogP contribution in [0.5, 0.6) is 5.75 Å². The summed E-state index contributed by atoms with van der Waals surface area (Å²) in [5, 5.41) is 0. The van der Waals surface area contributed by atoms with Crippen molar-refractivity contribution in [1.29, 1.82) is 0 Å². The van der Waals surface area contributed by atoms with Crippen LogP contribution in [0.25, 0.3) is 0 Å². The predicted molar refractivity (Wildman–Crippen MR) is 77.1 cm³/mol. The summed E-state index contributed by atoms with van der Waals surface area (Å²) in [7, 11) is 0. The number of aryl methyl sites for hydroxylation is 1. The second kappa shape index (κ2) is 7.08. The van der Waals surface area contributed by atoms with Crippen molar-refractivity contribution < 1.29 is 19.1 Å². The Labute approximate surface area is 120 Å². The zero-order valence-corrected chi connectivity index (χ0v) is 12.6. The third-order valence-corrected chi connectivity index (χ3v) is 2.54. The summed E-state index contributed by atoms with van der Waals surface area (Å²) in [5.41, 5.74) is 1.09. The number of carbonyl (C=O) groups excluding carboxylic acids is 2. The lowest BCUT2D eigenvalue weighted by Gasteiger charge is -2.19. The molecule has 0 atom stereocenters. The van der Waals surface area contributed by atoms with E-state index in [1.165, 1.54) is 0 Å². The zero-order chi connectivity index (χ0) is 15.2. The first-order valence-corrected chi connectivity index (χ1v) is 6.72. The average molecular weight is 278 g/mol. The fraction of sp³-hybridized carbons (Fsp3) is 0.500. The van der Waals surface area contributed by atoms with Crippen LogP contribution in [0.1, 0.15) is 49.5 Å². The minimum absolute atomic E-state index is 0.214. The second-order valence-corrected chi connectivity index (χ2v) is 5.68. The van der Waals surface area contributed by atoms with E-state index in [1.54, 1.807) is 18.2 Å². The lowest BCUT2D eigenvalue weighted by molar-refractivity contribution is -0.155. The molecule has 0 aliphatic heterocycles. The van der Waals surface area contributed by atoms with Gasteiger partial charge in [-0.2, -0.15) is 0 Å². The van der Waals surface area contributed by atoms with Crippen LogP contribution in [0.15, 0.2) is 18.2 Å². The third kappa shape index (κ3) is 5.87. The molecule has 4 heteroatoms. The normalized spacial score (nSPS) is 11.0. The Kier molecular flexibility index (Phi) is 5.74. The molecule has 0 aliphatic rings. The topological polar surface area (TPSA) is 52.6 Å². The van der Waals surface area contributed by atoms with Crippen molar-refractivity contribution in [2.75, 3.05) is 6.61 Å². The largest absolute Gasteiger partial charge is 0.493 e. The fourth-order valence-electron chi connectivity index (χ4n) is 1.70. The molecule has 0 fully saturated rings. The first kappa shape index (κ1) is 16.2. The number of ether oxygens (including phenoxy) is 2. The van der Waals surface area contributed by atoms with Crippen LogP contribution < -0.4 is 4.74 Å². The molecule has 110 valence electrons. The number of aldehydes is 1. The molecule has 0 amide bonds. The van der Waals surface area contributed by atoms with Gasteiger partial charge in [0.05, 0.1) is 6.61 Å². The summed E-state index contributed by atoms with van der Waals surface area (Å²) in [6, 6.07) is 5.26. The van der Waals surface area contributed by atoms with Gasteiger partial charge in [-0.3, -0.25) is 9.59 Å². The summed E-state index contributed by atoms with van der Waals surface area (Å²) in [6.45, 7) is 7.87. The summed E-state index contributed by atoms with van der Waals surface area (Å²) < 4.78 is 10.8. The van der Waals surface area contributed by atoms with E-state index in [0.717, 1.165) is 17.6 Å². The monoisotopic (exact) mass is 278 g/mol. The first-order chi connectivity index (χ1) is 9.31. The highest BCUT2D eigenvalue weighted by Crippen LogP contribution is 2.19. The smallest absolute Gasteiger partial charge is 0.306 e. The van der Waals surface area contributed by atoms with E-state index in [2.05, 4.69) is 0 Å². The molecule has 0 aromatic heterocycles. The Balaban J connectivity index is 2.34. The average Bonchev–Trinajstić information content (AvgIpc) is 2.33. The number of carbonyl (C=O) groups is 2. The van der Waals surface area contributed by atoms with Gasteiger partial charge in [-0.15, -0.1) is 0 Å². The van der Waals surface area contributed by atoms with Gasteiger partial charge in [-0.05, 0) is 57.9 Å². The highest BCUT2D eigenvalue weighted by molar-refractivity contribution is 5.75. The van der Waals surface area contributed by atoms with Gasteiger partial charge in [0.2, 0.25) is 0 Å². The van der Waals surface area contributed by atoms with Crippen molar-refractivity contribution in [2.24, 2.45) is 0 Å². The number of hydrogen-bond acceptors (Lipinski definition) is 4. The molecule has 0 bridgehead atoms. The molecule has 1 aromatic rings. The molecule has 4 nitrogen and oxygen atoms in total. The maximum Gasteiger partial charge on any atom is 0.306 e. The lowest BCUT2D eigenvalue weighted by Crippen LogP contribution is -2.23. The molecule has 0 aliphatic carbocycles. The van der Waals surface area contributed by atoms with Gasteiger partial charge in [0.1, 0.15) is 17.6 Å². The molecule has 1 rings (SSSR count). The van der Waals surface area contributed by atoms with Crippen LogP contribution in [-0.4, -0.2) is 24.5 Å². The Morgan fingerprint density at radius 2 is 2.00 bits per heavy atom. The molecule has 0 saturated carbocycles.